The van der Waals surface area contributed by atoms with Crippen LogP contribution in [0.1, 0.15) is 18.4 Å². The summed E-state index contributed by atoms with van der Waals surface area (Å²) in [5.41, 5.74) is 0.958. The Labute approximate surface area is 182 Å². The molecule has 0 aliphatic carbocycles. The van der Waals surface area contributed by atoms with Crippen molar-refractivity contribution in [1.82, 2.24) is 9.96 Å². The molecule has 2 amide bonds. The quantitative estimate of drug-likeness (QED) is 0.473. The lowest BCUT2D eigenvalue weighted by Gasteiger charge is -2.28. The lowest BCUT2D eigenvalue weighted by molar-refractivity contribution is -0.141. The third-order valence-corrected chi connectivity index (χ3v) is 5.75. The molecular weight excluding hydrogens is 439 g/mol. The van der Waals surface area contributed by atoms with Crippen LogP contribution in [-0.2, 0) is 16.2 Å². The van der Waals surface area contributed by atoms with Gasteiger partial charge in [0.25, 0.3) is 0 Å². The number of fused-ring (bicyclic) bond motifs is 2. The van der Waals surface area contributed by atoms with Gasteiger partial charge >= 0.3 is 12.0 Å². The summed E-state index contributed by atoms with van der Waals surface area (Å²) in [4.78, 5) is 32.8. The van der Waals surface area contributed by atoms with Crippen molar-refractivity contribution in [1.29, 1.82) is 0 Å². The zero-order valence-corrected chi connectivity index (χ0v) is 17.5. The van der Waals surface area contributed by atoms with Crippen LogP contribution < -0.4 is 4.74 Å². The van der Waals surface area contributed by atoms with Gasteiger partial charge in [-0.05, 0) is 30.5 Å². The topological polar surface area (TPSA) is 59.1 Å². The van der Waals surface area contributed by atoms with E-state index in [0.29, 0.717) is 24.4 Å². The number of halogens is 3. The monoisotopic (exact) mass is 454 g/mol. The summed E-state index contributed by atoms with van der Waals surface area (Å²) >= 11 is 18.1. The number of amides is 2. The number of ether oxygens (including phenoxy) is 1. The predicted octanol–water partition coefficient (Wildman–Crippen LogP) is 4.95. The number of carbonyl (C=O) groups is 2. The van der Waals surface area contributed by atoms with Gasteiger partial charge in [0, 0.05) is 11.6 Å². The molecule has 0 saturated carbocycles. The van der Waals surface area contributed by atoms with E-state index in [1.54, 1.807) is 0 Å². The predicted molar refractivity (Wildman–Crippen MR) is 109 cm³/mol. The minimum Gasteiger partial charge on any atom is -0.422 e. The minimum absolute atomic E-state index is 0.0358. The summed E-state index contributed by atoms with van der Waals surface area (Å²) in [6.07, 6.45) is 1.09. The van der Waals surface area contributed by atoms with Gasteiger partial charge in [0.1, 0.15) is 12.6 Å². The van der Waals surface area contributed by atoms with Gasteiger partial charge in [-0.15, -0.1) is 0 Å². The third kappa shape index (κ3) is 4.16. The van der Waals surface area contributed by atoms with E-state index in [-0.39, 0.29) is 34.5 Å². The first kappa shape index (κ1) is 20.3. The van der Waals surface area contributed by atoms with Gasteiger partial charge in [-0.25, -0.2) is 9.59 Å². The largest absolute Gasteiger partial charge is 0.422 e. The van der Waals surface area contributed by atoms with Crippen molar-refractivity contribution in [3.8, 4) is 5.75 Å². The second kappa shape index (κ2) is 8.40. The number of piperidine rings is 1. The van der Waals surface area contributed by atoms with Crippen LogP contribution in [0.5, 0.6) is 5.75 Å². The van der Waals surface area contributed by atoms with Crippen LogP contribution in [0.2, 0.25) is 15.1 Å². The van der Waals surface area contributed by atoms with Crippen molar-refractivity contribution < 1.29 is 19.2 Å². The maximum Gasteiger partial charge on any atom is 0.345 e. The molecule has 152 valence electrons. The zero-order valence-electron chi connectivity index (χ0n) is 15.2. The van der Waals surface area contributed by atoms with Crippen LogP contribution in [0.4, 0.5) is 4.79 Å². The maximum absolute atomic E-state index is 12.8. The fourth-order valence-corrected chi connectivity index (χ4v) is 4.45. The summed E-state index contributed by atoms with van der Waals surface area (Å²) in [6, 6.07) is 11.3. The first-order valence-electron chi connectivity index (χ1n) is 9.07. The Bertz CT molecular complexity index is 918. The van der Waals surface area contributed by atoms with E-state index in [4.69, 9.17) is 44.4 Å². The van der Waals surface area contributed by atoms with Gasteiger partial charge in [-0.3, -0.25) is 4.84 Å². The second-order valence-corrected chi connectivity index (χ2v) is 8.14. The fraction of sp³-hybridized carbons (Fsp3) is 0.300. The SMILES string of the molecule is O=C(Oc1c(Cl)cc(Cl)cc1Cl)[C@@H]1CC[C@@H]2CN1C(=O)N2OCc1ccccc1. The van der Waals surface area contributed by atoms with Crippen LogP contribution in [0, 0.1) is 0 Å². The minimum atomic E-state index is -0.730. The summed E-state index contributed by atoms with van der Waals surface area (Å²) < 4.78 is 5.42. The average molecular weight is 456 g/mol. The first-order valence-corrected chi connectivity index (χ1v) is 10.2. The molecule has 2 atom stereocenters. The van der Waals surface area contributed by atoms with Crippen molar-refractivity contribution >= 4 is 46.8 Å². The summed E-state index contributed by atoms with van der Waals surface area (Å²) in [6.45, 7) is 0.678. The molecule has 4 rings (SSSR count). The van der Waals surface area contributed by atoms with Crippen molar-refractivity contribution in [2.75, 3.05) is 6.54 Å². The molecule has 2 bridgehead atoms. The van der Waals surface area contributed by atoms with Crippen LogP contribution in [-0.4, -0.2) is 40.6 Å². The van der Waals surface area contributed by atoms with Crippen LogP contribution >= 0.6 is 34.8 Å². The standard InChI is InChI=1S/C20H17Cl3N2O4/c21-13-8-15(22)18(16(23)9-13)29-19(26)17-7-6-14-10-24(17)20(27)25(14)28-11-12-4-2-1-3-5-12/h1-5,8-9,14,17H,6-7,10-11H2/t14-,17+/m1/s1. The summed E-state index contributed by atoms with van der Waals surface area (Å²) in [7, 11) is 0. The highest BCUT2D eigenvalue weighted by Gasteiger charge is 2.48. The first-order chi connectivity index (χ1) is 13.9. The lowest BCUT2D eigenvalue weighted by Crippen LogP contribution is -2.46. The smallest absolute Gasteiger partial charge is 0.345 e. The Balaban J connectivity index is 1.44. The van der Waals surface area contributed by atoms with E-state index in [9.17, 15) is 9.59 Å². The second-order valence-electron chi connectivity index (χ2n) is 6.89. The van der Waals surface area contributed by atoms with Crippen molar-refractivity contribution in [2.45, 2.75) is 31.5 Å². The van der Waals surface area contributed by atoms with E-state index in [1.165, 1.54) is 22.1 Å². The van der Waals surface area contributed by atoms with Crippen molar-refractivity contribution in [2.24, 2.45) is 0 Å². The average Bonchev–Trinajstić information content (AvgIpc) is 2.94. The Morgan fingerprint density at radius 3 is 2.45 bits per heavy atom. The molecule has 0 aromatic heterocycles. The van der Waals surface area contributed by atoms with Crippen LogP contribution in [0.3, 0.4) is 0 Å². The molecule has 2 saturated heterocycles. The molecule has 29 heavy (non-hydrogen) atoms. The molecule has 2 aromatic rings. The van der Waals surface area contributed by atoms with E-state index in [1.807, 2.05) is 30.3 Å². The Morgan fingerprint density at radius 1 is 1.07 bits per heavy atom. The molecule has 0 spiro atoms. The van der Waals surface area contributed by atoms with Crippen LogP contribution in [0.25, 0.3) is 0 Å². The molecule has 0 radical (unpaired) electrons. The normalized spacial score (nSPS) is 20.9. The molecular formula is C20H17Cl3N2O4. The maximum atomic E-state index is 12.8. The van der Waals surface area contributed by atoms with E-state index < -0.39 is 12.0 Å². The molecule has 0 N–H and O–H groups in total. The number of urea groups is 1. The Kier molecular flexibility index (Phi) is 5.88. The van der Waals surface area contributed by atoms with Gasteiger partial charge in [0.15, 0.2) is 5.75 Å². The highest BCUT2D eigenvalue weighted by atomic mass is 35.5. The highest BCUT2D eigenvalue weighted by molar-refractivity contribution is 6.40. The lowest BCUT2D eigenvalue weighted by atomic mass is 10.0. The molecule has 9 heteroatoms. The highest BCUT2D eigenvalue weighted by Crippen LogP contribution is 2.37. The summed E-state index contributed by atoms with van der Waals surface area (Å²) in [5.74, 6) is -0.554. The third-order valence-electron chi connectivity index (χ3n) is 4.97. The number of esters is 1. The number of nitrogens with zero attached hydrogens (tertiary/aromatic N) is 2. The number of hydrogen-bond acceptors (Lipinski definition) is 4. The zero-order chi connectivity index (χ0) is 20.5. The number of benzene rings is 2. The van der Waals surface area contributed by atoms with E-state index in [2.05, 4.69) is 0 Å². The molecule has 2 fully saturated rings. The Morgan fingerprint density at radius 2 is 1.76 bits per heavy atom. The molecule has 2 aromatic carbocycles. The molecule has 2 aliphatic heterocycles. The van der Waals surface area contributed by atoms with Crippen molar-refractivity contribution in [3.63, 3.8) is 0 Å². The van der Waals surface area contributed by atoms with E-state index in [0.717, 1.165) is 5.56 Å². The number of hydrogen-bond donors (Lipinski definition) is 0. The van der Waals surface area contributed by atoms with Gasteiger partial charge < -0.3 is 9.64 Å². The molecule has 2 heterocycles. The molecule has 6 nitrogen and oxygen atoms in total. The fourth-order valence-electron chi connectivity index (χ4n) is 3.56. The van der Waals surface area contributed by atoms with Gasteiger partial charge in [0.2, 0.25) is 0 Å². The van der Waals surface area contributed by atoms with Crippen molar-refractivity contribution in [3.05, 3.63) is 63.1 Å². The number of rotatable bonds is 5. The van der Waals surface area contributed by atoms with Gasteiger partial charge in [-0.2, -0.15) is 5.06 Å². The number of hydroxylamine groups is 2. The van der Waals surface area contributed by atoms with Crippen LogP contribution in [0.15, 0.2) is 42.5 Å². The van der Waals surface area contributed by atoms with E-state index >= 15 is 0 Å². The van der Waals surface area contributed by atoms with Gasteiger partial charge in [0.05, 0.1) is 16.1 Å². The molecule has 0 unspecified atom stereocenters. The van der Waals surface area contributed by atoms with Gasteiger partial charge in [-0.1, -0.05) is 65.1 Å². The Hall–Kier alpha value is -1.99. The summed E-state index contributed by atoms with van der Waals surface area (Å²) in [5, 5.41) is 1.96. The number of carbonyl (C=O) groups excluding carboxylic acids is 2. The molecule has 2 aliphatic rings.